The second-order valence-electron chi connectivity index (χ2n) is 5.38. The maximum absolute atomic E-state index is 3.60. The molecule has 0 unspecified atom stereocenters. The maximum Gasteiger partial charge on any atom is 0.00322 e. The Morgan fingerprint density at radius 2 is 1.32 bits per heavy atom. The Morgan fingerprint density at radius 1 is 0.737 bits per heavy atom. The summed E-state index contributed by atoms with van der Waals surface area (Å²) >= 11 is 0. The molecule has 2 aromatic rings. The molecular formula is C18H21N. The zero-order valence-electron chi connectivity index (χ0n) is 11.3. The van der Waals surface area contributed by atoms with Crippen molar-refractivity contribution in [1.29, 1.82) is 0 Å². The summed E-state index contributed by atoms with van der Waals surface area (Å²) in [5, 5.41) is 3.60. The third-order valence-corrected chi connectivity index (χ3v) is 4.17. The Labute approximate surface area is 115 Å². The minimum Gasteiger partial charge on any atom is -0.316 e. The van der Waals surface area contributed by atoms with Gasteiger partial charge in [-0.15, -0.1) is 0 Å². The van der Waals surface area contributed by atoms with Crippen molar-refractivity contribution < 1.29 is 0 Å². The Balaban J connectivity index is 1.94. The zero-order valence-corrected chi connectivity index (χ0v) is 11.3. The van der Waals surface area contributed by atoms with E-state index >= 15 is 0 Å². The van der Waals surface area contributed by atoms with Crippen molar-refractivity contribution in [3.63, 3.8) is 0 Å². The van der Waals surface area contributed by atoms with Gasteiger partial charge in [0, 0.05) is 12.5 Å². The van der Waals surface area contributed by atoms with Gasteiger partial charge in [0.05, 0.1) is 0 Å². The van der Waals surface area contributed by atoms with Crippen molar-refractivity contribution >= 4 is 0 Å². The highest BCUT2D eigenvalue weighted by Gasteiger charge is 2.25. The van der Waals surface area contributed by atoms with Crippen LogP contribution in [0.15, 0.2) is 60.7 Å². The lowest BCUT2D eigenvalue weighted by Gasteiger charge is -2.26. The monoisotopic (exact) mass is 251 g/mol. The number of hydrogen-bond acceptors (Lipinski definition) is 1. The van der Waals surface area contributed by atoms with Crippen LogP contribution in [0, 0.1) is 0 Å². The smallest absolute Gasteiger partial charge is 0.00322 e. The highest BCUT2D eigenvalue weighted by atomic mass is 14.9. The summed E-state index contributed by atoms with van der Waals surface area (Å²) in [6.45, 7) is 2.23. The predicted molar refractivity (Wildman–Crippen MR) is 80.5 cm³/mol. The first-order valence-corrected chi connectivity index (χ1v) is 7.26. The van der Waals surface area contributed by atoms with E-state index in [9.17, 15) is 0 Å². The van der Waals surface area contributed by atoms with Gasteiger partial charge in [0.1, 0.15) is 0 Å². The normalized spacial score (nSPS) is 23.8. The molecule has 1 aliphatic rings. The molecule has 0 bridgehead atoms. The van der Waals surface area contributed by atoms with E-state index in [0.717, 1.165) is 13.1 Å². The van der Waals surface area contributed by atoms with Crippen molar-refractivity contribution in [2.24, 2.45) is 0 Å². The molecular weight excluding hydrogens is 230 g/mol. The van der Waals surface area contributed by atoms with Crippen molar-refractivity contribution in [3.05, 3.63) is 71.8 Å². The second-order valence-corrected chi connectivity index (χ2v) is 5.38. The van der Waals surface area contributed by atoms with E-state index in [1.54, 1.807) is 0 Å². The van der Waals surface area contributed by atoms with Gasteiger partial charge >= 0.3 is 0 Å². The van der Waals surface area contributed by atoms with Gasteiger partial charge < -0.3 is 5.32 Å². The van der Waals surface area contributed by atoms with Crippen LogP contribution in [-0.2, 0) is 0 Å². The average molecular weight is 251 g/mol. The van der Waals surface area contributed by atoms with Crippen LogP contribution in [0.3, 0.4) is 0 Å². The molecule has 0 amide bonds. The van der Waals surface area contributed by atoms with Crippen LogP contribution >= 0.6 is 0 Å². The molecule has 1 heterocycles. The van der Waals surface area contributed by atoms with Crippen molar-refractivity contribution in [3.8, 4) is 0 Å². The van der Waals surface area contributed by atoms with Gasteiger partial charge in [-0.3, -0.25) is 0 Å². The molecule has 0 spiro atoms. The molecule has 1 nitrogen and oxygen atoms in total. The molecule has 1 fully saturated rings. The first-order chi connectivity index (χ1) is 9.45. The highest BCUT2D eigenvalue weighted by Crippen LogP contribution is 2.37. The lowest BCUT2D eigenvalue weighted by Crippen LogP contribution is -2.22. The Hall–Kier alpha value is -1.60. The van der Waals surface area contributed by atoms with Gasteiger partial charge in [-0.1, -0.05) is 60.7 Å². The minimum atomic E-state index is 0.589. The molecule has 3 rings (SSSR count). The maximum atomic E-state index is 3.60. The molecule has 98 valence electrons. The second kappa shape index (κ2) is 6.03. The van der Waals surface area contributed by atoms with Crippen LogP contribution in [-0.4, -0.2) is 13.1 Å². The quantitative estimate of drug-likeness (QED) is 0.852. The molecule has 19 heavy (non-hydrogen) atoms. The van der Waals surface area contributed by atoms with Gasteiger partial charge in [0.2, 0.25) is 0 Å². The number of rotatable bonds is 2. The SMILES string of the molecule is c1ccc([C@H]2CCCNC[C@H]2c2ccccc2)cc1. The van der Waals surface area contributed by atoms with Crippen molar-refractivity contribution in [2.75, 3.05) is 13.1 Å². The Bertz CT molecular complexity index is 444. The standard InChI is InChI=1S/C18H21N/c1-3-8-15(9-4-1)17-12-7-13-19-14-18(17)16-10-5-2-6-11-16/h1-6,8-11,17-19H,7,12-14H2/t17-,18+/m1/s1. The summed E-state index contributed by atoms with van der Waals surface area (Å²) in [5.74, 6) is 1.23. The van der Waals surface area contributed by atoms with Gasteiger partial charge in [0.15, 0.2) is 0 Å². The third-order valence-electron chi connectivity index (χ3n) is 4.17. The Morgan fingerprint density at radius 3 is 1.95 bits per heavy atom. The molecule has 1 saturated heterocycles. The van der Waals surface area contributed by atoms with Crippen molar-refractivity contribution in [1.82, 2.24) is 5.32 Å². The van der Waals surface area contributed by atoms with E-state index in [4.69, 9.17) is 0 Å². The molecule has 1 N–H and O–H groups in total. The van der Waals surface area contributed by atoms with Crippen LogP contribution in [0.25, 0.3) is 0 Å². The molecule has 2 aromatic carbocycles. The summed E-state index contributed by atoms with van der Waals surface area (Å²) in [6.07, 6.45) is 2.54. The minimum absolute atomic E-state index is 0.589. The van der Waals surface area contributed by atoms with Crippen LogP contribution in [0.2, 0.25) is 0 Å². The summed E-state index contributed by atoms with van der Waals surface area (Å²) in [4.78, 5) is 0. The first-order valence-electron chi connectivity index (χ1n) is 7.26. The van der Waals surface area contributed by atoms with Gasteiger partial charge in [-0.05, 0) is 36.4 Å². The topological polar surface area (TPSA) is 12.0 Å². The molecule has 0 aromatic heterocycles. The molecule has 2 atom stereocenters. The summed E-state index contributed by atoms with van der Waals surface area (Å²) in [7, 11) is 0. The summed E-state index contributed by atoms with van der Waals surface area (Å²) < 4.78 is 0. The van der Waals surface area contributed by atoms with E-state index in [2.05, 4.69) is 66.0 Å². The largest absolute Gasteiger partial charge is 0.316 e. The van der Waals surface area contributed by atoms with Crippen LogP contribution in [0.4, 0.5) is 0 Å². The lowest BCUT2D eigenvalue weighted by atomic mass is 9.79. The Kier molecular flexibility index (Phi) is 3.95. The van der Waals surface area contributed by atoms with Gasteiger partial charge in [-0.25, -0.2) is 0 Å². The highest BCUT2D eigenvalue weighted by molar-refractivity contribution is 5.29. The van der Waals surface area contributed by atoms with Crippen LogP contribution < -0.4 is 5.32 Å². The van der Waals surface area contributed by atoms with E-state index in [1.807, 2.05) is 0 Å². The van der Waals surface area contributed by atoms with E-state index in [1.165, 1.54) is 24.0 Å². The third kappa shape index (κ3) is 2.87. The molecule has 0 saturated carbocycles. The van der Waals surface area contributed by atoms with Crippen molar-refractivity contribution in [2.45, 2.75) is 24.7 Å². The van der Waals surface area contributed by atoms with E-state index in [0.29, 0.717) is 11.8 Å². The number of hydrogen-bond donors (Lipinski definition) is 1. The fraction of sp³-hybridized carbons (Fsp3) is 0.333. The summed E-state index contributed by atoms with van der Waals surface area (Å²) in [6, 6.07) is 22.0. The first kappa shape index (κ1) is 12.4. The molecule has 0 aliphatic carbocycles. The van der Waals surface area contributed by atoms with Gasteiger partial charge in [0.25, 0.3) is 0 Å². The van der Waals surface area contributed by atoms with Crippen LogP contribution in [0.1, 0.15) is 35.8 Å². The zero-order chi connectivity index (χ0) is 12.9. The fourth-order valence-electron chi connectivity index (χ4n) is 3.20. The predicted octanol–water partition coefficient (Wildman–Crippen LogP) is 3.94. The van der Waals surface area contributed by atoms with Crippen LogP contribution in [0.5, 0.6) is 0 Å². The molecule has 0 radical (unpaired) electrons. The number of nitrogens with one attached hydrogen (secondary N) is 1. The lowest BCUT2D eigenvalue weighted by molar-refractivity contribution is 0.527. The summed E-state index contributed by atoms with van der Waals surface area (Å²) in [5.41, 5.74) is 2.95. The molecule has 1 heteroatoms. The molecule has 1 aliphatic heterocycles. The van der Waals surface area contributed by atoms with E-state index < -0.39 is 0 Å². The average Bonchev–Trinajstić information content (AvgIpc) is 2.75. The fourth-order valence-corrected chi connectivity index (χ4v) is 3.20. The number of benzene rings is 2. The van der Waals surface area contributed by atoms with Gasteiger partial charge in [-0.2, -0.15) is 0 Å². The van der Waals surface area contributed by atoms with E-state index in [-0.39, 0.29) is 0 Å².